The highest BCUT2D eigenvalue weighted by Crippen LogP contribution is 2.30. The van der Waals surface area contributed by atoms with Gasteiger partial charge in [-0.1, -0.05) is 12.1 Å². The lowest BCUT2D eigenvalue weighted by Crippen LogP contribution is -2.33. The fourth-order valence-corrected chi connectivity index (χ4v) is 5.88. The summed E-state index contributed by atoms with van der Waals surface area (Å²) < 4.78 is 33.5. The zero-order chi connectivity index (χ0) is 26.4. The van der Waals surface area contributed by atoms with Gasteiger partial charge in [0, 0.05) is 45.0 Å². The number of sulfonamides is 1. The van der Waals surface area contributed by atoms with Gasteiger partial charge in [-0.15, -0.1) is 0 Å². The molecular weight excluding hydrogens is 492 g/mol. The fraction of sp³-hybridized carbons (Fsp3) is 0.462. The van der Waals surface area contributed by atoms with Crippen LogP contribution in [-0.4, -0.2) is 63.1 Å². The van der Waals surface area contributed by atoms with Crippen molar-refractivity contribution < 1.29 is 17.9 Å². The maximum Gasteiger partial charge on any atom is 0.339 e. The molecule has 37 heavy (non-hydrogen) atoms. The molecule has 3 aromatic rings. The van der Waals surface area contributed by atoms with Crippen LogP contribution < -0.4 is 14.9 Å². The molecule has 0 radical (unpaired) electrons. The van der Waals surface area contributed by atoms with Gasteiger partial charge < -0.3 is 15.0 Å². The summed E-state index contributed by atoms with van der Waals surface area (Å²) in [4.78, 5) is 27.3. The van der Waals surface area contributed by atoms with E-state index in [0.717, 1.165) is 48.9 Å². The molecule has 4 rings (SSSR count). The number of nitrogens with zero attached hydrogens (tertiary/aromatic N) is 4. The predicted octanol–water partition coefficient (Wildman–Crippen LogP) is 3.46. The molecule has 2 N–H and O–H groups in total. The average Bonchev–Trinajstić information content (AvgIpc) is 2.91. The van der Waals surface area contributed by atoms with Crippen molar-refractivity contribution in [2.75, 3.05) is 44.0 Å². The Labute approximate surface area is 217 Å². The molecule has 0 atom stereocenters. The van der Waals surface area contributed by atoms with Crippen molar-refractivity contribution in [3.63, 3.8) is 0 Å². The van der Waals surface area contributed by atoms with Crippen LogP contribution in [0, 0.1) is 11.8 Å². The number of carbonyl (C=O) groups excluding carboxylic acids is 1. The molecule has 1 aromatic carbocycles. The van der Waals surface area contributed by atoms with E-state index in [1.807, 2.05) is 43.3 Å². The van der Waals surface area contributed by atoms with Crippen LogP contribution in [0.25, 0.3) is 10.9 Å². The lowest BCUT2D eigenvalue weighted by atomic mass is 9.82. The molecule has 1 aliphatic carbocycles. The highest BCUT2D eigenvalue weighted by Gasteiger charge is 2.26. The minimum Gasteiger partial charge on any atom is -0.462 e. The number of ether oxygens (including phenoxy) is 1. The summed E-state index contributed by atoms with van der Waals surface area (Å²) in [6.07, 6.45) is 6.35. The summed E-state index contributed by atoms with van der Waals surface area (Å²) in [5.41, 5.74) is 0.895. The Morgan fingerprint density at radius 1 is 1.05 bits per heavy atom. The summed E-state index contributed by atoms with van der Waals surface area (Å²) >= 11 is 0. The van der Waals surface area contributed by atoms with Crippen molar-refractivity contribution in [3.05, 3.63) is 48.3 Å². The van der Waals surface area contributed by atoms with Gasteiger partial charge in [0.25, 0.3) is 0 Å². The molecule has 1 saturated carbocycles. The first-order chi connectivity index (χ1) is 17.8. The number of fused-ring (bicyclic) bond motifs is 1. The number of benzene rings is 1. The second-order valence-corrected chi connectivity index (χ2v) is 11.2. The van der Waals surface area contributed by atoms with Crippen LogP contribution in [0.5, 0.6) is 0 Å². The number of hydrogen-bond acceptors (Lipinski definition) is 9. The van der Waals surface area contributed by atoms with Gasteiger partial charge in [0.1, 0.15) is 10.7 Å². The van der Waals surface area contributed by atoms with Gasteiger partial charge >= 0.3 is 5.97 Å². The van der Waals surface area contributed by atoms with Crippen LogP contribution in [-0.2, 0) is 14.8 Å². The third-order valence-corrected chi connectivity index (χ3v) is 8.10. The van der Waals surface area contributed by atoms with Gasteiger partial charge in [0.15, 0.2) is 0 Å². The number of esters is 1. The molecule has 0 amide bonds. The molecule has 0 aliphatic heterocycles. The smallest absolute Gasteiger partial charge is 0.339 e. The standard InChI is InChI=1S/C26H34N6O4S/c1-4-36-25(33)21-13-14-27-17-23(21)37(34,35)29-16-19-11-9-18(10-12-19)15-28-26-30-22-8-6-5-7-20(22)24(31-26)32(2)3/h5-8,13-14,17-19,29H,4,9-12,15-16H2,1-3H3,(H,28,30,31). The number of anilines is 2. The SMILES string of the molecule is CCOC(=O)c1ccncc1S(=O)(=O)NCC1CCC(CNc2nc(N(C)C)c3ccccc3n2)CC1. The number of rotatable bonds is 10. The molecule has 0 spiro atoms. The molecule has 0 unspecified atom stereocenters. The zero-order valence-electron chi connectivity index (χ0n) is 21.5. The Balaban J connectivity index is 1.30. The second-order valence-electron chi connectivity index (χ2n) is 9.49. The van der Waals surface area contributed by atoms with E-state index < -0.39 is 16.0 Å². The van der Waals surface area contributed by atoms with E-state index in [1.165, 1.54) is 18.5 Å². The topological polar surface area (TPSA) is 126 Å². The van der Waals surface area contributed by atoms with E-state index in [0.29, 0.717) is 18.4 Å². The fourth-order valence-electron chi connectivity index (χ4n) is 4.63. The first kappa shape index (κ1) is 26.7. The Morgan fingerprint density at radius 3 is 2.46 bits per heavy atom. The molecule has 10 nitrogen and oxygen atoms in total. The summed E-state index contributed by atoms with van der Waals surface area (Å²) in [5, 5.41) is 4.43. The summed E-state index contributed by atoms with van der Waals surface area (Å²) in [7, 11) is 0.0557. The molecule has 1 aliphatic rings. The van der Waals surface area contributed by atoms with Gasteiger partial charge in [0.05, 0.1) is 17.7 Å². The van der Waals surface area contributed by atoms with Crippen LogP contribution in [0.3, 0.4) is 0 Å². The molecule has 0 bridgehead atoms. The molecule has 0 saturated heterocycles. The van der Waals surface area contributed by atoms with E-state index in [2.05, 4.69) is 20.0 Å². The van der Waals surface area contributed by atoms with Crippen molar-refractivity contribution >= 4 is 38.7 Å². The van der Waals surface area contributed by atoms with Crippen molar-refractivity contribution in [2.45, 2.75) is 37.5 Å². The Morgan fingerprint density at radius 2 is 1.76 bits per heavy atom. The monoisotopic (exact) mass is 526 g/mol. The van der Waals surface area contributed by atoms with E-state index in [1.54, 1.807) is 6.92 Å². The highest BCUT2D eigenvalue weighted by molar-refractivity contribution is 7.89. The van der Waals surface area contributed by atoms with Crippen molar-refractivity contribution in [3.8, 4) is 0 Å². The summed E-state index contributed by atoms with van der Waals surface area (Å²) in [5.74, 6) is 1.51. The van der Waals surface area contributed by atoms with E-state index in [-0.39, 0.29) is 23.0 Å². The maximum atomic E-state index is 12.9. The minimum absolute atomic E-state index is 0.00698. The van der Waals surface area contributed by atoms with E-state index in [4.69, 9.17) is 9.72 Å². The summed E-state index contributed by atoms with van der Waals surface area (Å²) in [6, 6.07) is 9.34. The average molecular weight is 527 g/mol. The molecule has 2 aromatic heterocycles. The van der Waals surface area contributed by atoms with Crippen molar-refractivity contribution in [1.82, 2.24) is 19.7 Å². The Bertz CT molecular complexity index is 1340. The molecule has 2 heterocycles. The minimum atomic E-state index is -3.89. The zero-order valence-corrected chi connectivity index (χ0v) is 22.3. The quantitative estimate of drug-likeness (QED) is 0.382. The lowest BCUT2D eigenvalue weighted by molar-refractivity contribution is 0.0521. The normalized spacial score (nSPS) is 17.9. The first-order valence-corrected chi connectivity index (χ1v) is 14.1. The Hall–Kier alpha value is -3.31. The maximum absolute atomic E-state index is 12.9. The van der Waals surface area contributed by atoms with Gasteiger partial charge in [-0.05, 0) is 62.6 Å². The van der Waals surface area contributed by atoms with Crippen molar-refractivity contribution in [2.24, 2.45) is 11.8 Å². The van der Waals surface area contributed by atoms with Crippen LogP contribution in [0.1, 0.15) is 43.0 Å². The van der Waals surface area contributed by atoms with Gasteiger partial charge in [-0.3, -0.25) is 4.98 Å². The lowest BCUT2D eigenvalue weighted by Gasteiger charge is -2.29. The number of hydrogen-bond donors (Lipinski definition) is 2. The van der Waals surface area contributed by atoms with Crippen LogP contribution in [0.4, 0.5) is 11.8 Å². The third-order valence-electron chi connectivity index (χ3n) is 6.65. The van der Waals surface area contributed by atoms with Gasteiger partial charge in [0.2, 0.25) is 16.0 Å². The van der Waals surface area contributed by atoms with E-state index >= 15 is 0 Å². The van der Waals surface area contributed by atoms with Crippen LogP contribution >= 0.6 is 0 Å². The number of nitrogens with one attached hydrogen (secondary N) is 2. The van der Waals surface area contributed by atoms with Crippen LogP contribution in [0.2, 0.25) is 0 Å². The molecule has 11 heteroatoms. The van der Waals surface area contributed by atoms with Crippen molar-refractivity contribution in [1.29, 1.82) is 0 Å². The third kappa shape index (κ3) is 6.53. The number of para-hydroxylation sites is 1. The first-order valence-electron chi connectivity index (χ1n) is 12.6. The van der Waals surface area contributed by atoms with Gasteiger partial charge in [-0.25, -0.2) is 22.9 Å². The Kier molecular flexibility index (Phi) is 8.55. The summed E-state index contributed by atoms with van der Waals surface area (Å²) in [6.45, 7) is 2.92. The van der Waals surface area contributed by atoms with E-state index in [9.17, 15) is 13.2 Å². The highest BCUT2D eigenvalue weighted by atomic mass is 32.2. The van der Waals surface area contributed by atoms with Gasteiger partial charge in [-0.2, -0.15) is 4.98 Å². The molecule has 1 fully saturated rings. The van der Waals surface area contributed by atoms with Crippen LogP contribution in [0.15, 0.2) is 47.6 Å². The number of pyridine rings is 1. The predicted molar refractivity (Wildman–Crippen MR) is 143 cm³/mol. The molecule has 198 valence electrons. The largest absolute Gasteiger partial charge is 0.462 e. The molecular formula is C26H34N6O4S. The second kappa shape index (κ2) is 11.8. The number of carbonyl (C=O) groups is 1. The number of aromatic nitrogens is 3.